The third-order valence-electron chi connectivity index (χ3n) is 4.23. The fourth-order valence-electron chi connectivity index (χ4n) is 3.08. The highest BCUT2D eigenvalue weighted by atomic mass is 32.2. The molecule has 5 heteroatoms. The smallest absolute Gasteiger partial charge is 0.125 e. The van der Waals surface area contributed by atoms with Gasteiger partial charge in [-0.05, 0) is 37.3 Å². The van der Waals surface area contributed by atoms with Crippen LogP contribution in [-0.2, 0) is 4.74 Å². The molecule has 0 saturated carbocycles. The molecule has 2 heterocycles. The van der Waals surface area contributed by atoms with Gasteiger partial charge in [-0.3, -0.25) is 0 Å². The van der Waals surface area contributed by atoms with E-state index >= 15 is 0 Å². The third-order valence-corrected chi connectivity index (χ3v) is 5.45. The predicted octanol–water partition coefficient (Wildman–Crippen LogP) is 3.31. The standard InChI is InChI=1S/C16H21FO3S/c1-11(18)14-8-12(17)2-3-15(14)20-13-4-6-19-16(9-13)5-7-21-10-16/h2-3,8,11,13,18H,4-7,9-10H2,1H3/t11-,13?,16?/m0/s1. The Morgan fingerprint density at radius 3 is 3.10 bits per heavy atom. The van der Waals surface area contributed by atoms with Gasteiger partial charge in [0.15, 0.2) is 0 Å². The fourth-order valence-corrected chi connectivity index (χ4v) is 4.46. The average Bonchev–Trinajstić information content (AvgIpc) is 2.88. The molecule has 1 spiro atoms. The van der Waals surface area contributed by atoms with Gasteiger partial charge in [-0.15, -0.1) is 0 Å². The van der Waals surface area contributed by atoms with Crippen LogP contribution >= 0.6 is 11.8 Å². The van der Waals surface area contributed by atoms with Crippen molar-refractivity contribution in [2.24, 2.45) is 0 Å². The van der Waals surface area contributed by atoms with Crippen molar-refractivity contribution >= 4 is 11.8 Å². The number of hydrogen-bond donors (Lipinski definition) is 1. The molecule has 0 bridgehead atoms. The van der Waals surface area contributed by atoms with Crippen LogP contribution in [0.1, 0.15) is 37.9 Å². The van der Waals surface area contributed by atoms with Gasteiger partial charge in [-0.2, -0.15) is 11.8 Å². The third kappa shape index (κ3) is 3.35. The number of ether oxygens (including phenoxy) is 2. The molecule has 1 aromatic carbocycles. The first-order chi connectivity index (χ1) is 10.1. The molecule has 2 unspecified atom stereocenters. The van der Waals surface area contributed by atoms with Gasteiger partial charge >= 0.3 is 0 Å². The molecule has 0 aliphatic carbocycles. The molecule has 2 fully saturated rings. The van der Waals surface area contributed by atoms with Gasteiger partial charge in [0.25, 0.3) is 0 Å². The van der Waals surface area contributed by atoms with Crippen molar-refractivity contribution in [3.05, 3.63) is 29.6 Å². The Bertz CT molecular complexity index is 500. The second kappa shape index (κ2) is 6.15. The van der Waals surface area contributed by atoms with Crippen LogP contribution in [0.2, 0.25) is 0 Å². The Kier molecular flexibility index (Phi) is 4.43. The number of aliphatic hydroxyl groups is 1. The summed E-state index contributed by atoms with van der Waals surface area (Å²) in [7, 11) is 0. The second-order valence-electron chi connectivity index (χ2n) is 5.92. The van der Waals surface area contributed by atoms with Crippen molar-refractivity contribution in [3.8, 4) is 5.75 Å². The molecule has 3 nitrogen and oxygen atoms in total. The molecule has 1 aromatic rings. The quantitative estimate of drug-likeness (QED) is 0.929. The average molecular weight is 312 g/mol. The summed E-state index contributed by atoms with van der Waals surface area (Å²) in [6.07, 6.45) is 2.11. The minimum absolute atomic E-state index is 0.0430. The van der Waals surface area contributed by atoms with Crippen molar-refractivity contribution in [1.29, 1.82) is 0 Å². The lowest BCUT2D eigenvalue weighted by Gasteiger charge is -2.38. The van der Waals surface area contributed by atoms with E-state index in [1.165, 1.54) is 12.1 Å². The van der Waals surface area contributed by atoms with Gasteiger partial charge in [-0.25, -0.2) is 4.39 Å². The Morgan fingerprint density at radius 1 is 1.52 bits per heavy atom. The van der Waals surface area contributed by atoms with E-state index in [0.29, 0.717) is 17.9 Å². The molecule has 0 radical (unpaired) electrons. The van der Waals surface area contributed by atoms with E-state index < -0.39 is 6.10 Å². The van der Waals surface area contributed by atoms with Crippen LogP contribution in [0.5, 0.6) is 5.75 Å². The van der Waals surface area contributed by atoms with Crippen LogP contribution in [0.25, 0.3) is 0 Å². The zero-order chi connectivity index (χ0) is 14.9. The summed E-state index contributed by atoms with van der Waals surface area (Å²) in [6.45, 7) is 2.33. The van der Waals surface area contributed by atoms with Crippen molar-refractivity contribution in [2.75, 3.05) is 18.1 Å². The highest BCUT2D eigenvalue weighted by Crippen LogP contribution is 2.40. The normalized spacial score (nSPS) is 30.5. The van der Waals surface area contributed by atoms with E-state index in [1.807, 2.05) is 11.8 Å². The maximum absolute atomic E-state index is 13.3. The molecular weight excluding hydrogens is 291 g/mol. The lowest BCUT2D eigenvalue weighted by Crippen LogP contribution is -2.43. The number of thioether (sulfide) groups is 1. The van der Waals surface area contributed by atoms with Gasteiger partial charge in [-0.1, -0.05) is 0 Å². The highest BCUT2D eigenvalue weighted by Gasteiger charge is 2.41. The lowest BCUT2D eigenvalue weighted by molar-refractivity contribution is -0.0962. The van der Waals surface area contributed by atoms with E-state index in [1.54, 1.807) is 13.0 Å². The van der Waals surface area contributed by atoms with E-state index in [0.717, 1.165) is 30.8 Å². The summed E-state index contributed by atoms with van der Waals surface area (Å²) in [5.41, 5.74) is 0.467. The Labute approximate surface area is 128 Å². The molecule has 116 valence electrons. The number of aliphatic hydroxyl groups excluding tert-OH is 1. The number of benzene rings is 1. The topological polar surface area (TPSA) is 38.7 Å². The van der Waals surface area contributed by atoms with Crippen LogP contribution in [0.15, 0.2) is 18.2 Å². The van der Waals surface area contributed by atoms with Gasteiger partial charge in [0, 0.05) is 24.2 Å². The van der Waals surface area contributed by atoms with Gasteiger partial charge in [0.05, 0.1) is 18.3 Å². The first-order valence-corrected chi connectivity index (χ1v) is 8.59. The molecule has 1 N–H and O–H groups in total. The van der Waals surface area contributed by atoms with Gasteiger partial charge < -0.3 is 14.6 Å². The number of rotatable bonds is 3. The summed E-state index contributed by atoms with van der Waals surface area (Å²) in [5.74, 6) is 2.40. The second-order valence-corrected chi connectivity index (χ2v) is 7.03. The number of halogens is 1. The molecule has 3 atom stereocenters. The van der Waals surface area contributed by atoms with E-state index in [2.05, 4.69) is 0 Å². The fraction of sp³-hybridized carbons (Fsp3) is 0.625. The van der Waals surface area contributed by atoms with Crippen LogP contribution in [0.4, 0.5) is 4.39 Å². The van der Waals surface area contributed by atoms with Crippen LogP contribution in [-0.4, -0.2) is 34.9 Å². The van der Waals surface area contributed by atoms with Crippen molar-refractivity contribution in [3.63, 3.8) is 0 Å². The molecule has 0 aromatic heterocycles. The van der Waals surface area contributed by atoms with Crippen molar-refractivity contribution in [2.45, 2.75) is 44.0 Å². The minimum Gasteiger partial charge on any atom is -0.490 e. The van der Waals surface area contributed by atoms with Gasteiger partial charge in [0.1, 0.15) is 17.7 Å². The first kappa shape index (κ1) is 15.1. The number of hydrogen-bond acceptors (Lipinski definition) is 4. The van der Waals surface area contributed by atoms with Crippen LogP contribution in [0, 0.1) is 5.82 Å². The SMILES string of the molecule is C[C@H](O)c1cc(F)ccc1OC1CCOC2(CCSC2)C1. The molecule has 2 aliphatic heterocycles. The zero-order valence-corrected chi connectivity index (χ0v) is 13.0. The maximum Gasteiger partial charge on any atom is 0.125 e. The van der Waals surface area contributed by atoms with E-state index in [9.17, 15) is 9.50 Å². The molecule has 3 rings (SSSR count). The summed E-state index contributed by atoms with van der Waals surface area (Å²) in [6, 6.07) is 4.34. The minimum atomic E-state index is -0.744. The van der Waals surface area contributed by atoms with Crippen LogP contribution < -0.4 is 4.74 Å². The Morgan fingerprint density at radius 2 is 2.38 bits per heavy atom. The molecule has 0 amide bonds. The summed E-state index contributed by atoms with van der Waals surface area (Å²) < 4.78 is 25.4. The van der Waals surface area contributed by atoms with E-state index in [-0.39, 0.29) is 17.5 Å². The monoisotopic (exact) mass is 312 g/mol. The summed E-state index contributed by atoms with van der Waals surface area (Å²) >= 11 is 1.93. The zero-order valence-electron chi connectivity index (χ0n) is 12.2. The van der Waals surface area contributed by atoms with Gasteiger partial charge in [0.2, 0.25) is 0 Å². The molecule has 2 aliphatic rings. The maximum atomic E-state index is 13.3. The largest absolute Gasteiger partial charge is 0.490 e. The van der Waals surface area contributed by atoms with Crippen molar-refractivity contribution in [1.82, 2.24) is 0 Å². The summed E-state index contributed by atoms with van der Waals surface area (Å²) in [5, 5.41) is 9.79. The highest BCUT2D eigenvalue weighted by molar-refractivity contribution is 7.99. The lowest BCUT2D eigenvalue weighted by atomic mass is 9.91. The Hall–Kier alpha value is -0.780. The summed E-state index contributed by atoms with van der Waals surface area (Å²) in [4.78, 5) is 0. The van der Waals surface area contributed by atoms with Crippen LogP contribution in [0.3, 0.4) is 0 Å². The predicted molar refractivity (Wildman–Crippen MR) is 81.3 cm³/mol. The molecule has 2 saturated heterocycles. The van der Waals surface area contributed by atoms with Crippen molar-refractivity contribution < 1.29 is 19.0 Å². The molecule has 21 heavy (non-hydrogen) atoms. The molecular formula is C16H21FO3S. The first-order valence-electron chi connectivity index (χ1n) is 7.44. The Balaban J connectivity index is 1.74. The van der Waals surface area contributed by atoms with E-state index in [4.69, 9.17) is 9.47 Å².